The fourth-order valence-corrected chi connectivity index (χ4v) is 3.04. The molecule has 0 heterocycles. The molecule has 1 aliphatic rings. The number of amides is 2. The van der Waals surface area contributed by atoms with E-state index in [4.69, 9.17) is 4.74 Å². The van der Waals surface area contributed by atoms with E-state index in [0.717, 1.165) is 19.3 Å². The third-order valence-electron chi connectivity index (χ3n) is 4.34. The maximum absolute atomic E-state index is 12.2. The van der Waals surface area contributed by atoms with Crippen molar-refractivity contribution >= 4 is 17.8 Å². The van der Waals surface area contributed by atoms with E-state index >= 15 is 0 Å². The molecule has 0 saturated heterocycles. The number of esters is 1. The van der Waals surface area contributed by atoms with Gasteiger partial charge in [-0.2, -0.15) is 0 Å². The molecule has 6 nitrogen and oxygen atoms in total. The average Bonchev–Trinajstić information content (AvgIpc) is 2.62. The van der Waals surface area contributed by atoms with Crippen LogP contribution >= 0.6 is 0 Å². The van der Waals surface area contributed by atoms with Gasteiger partial charge in [0.1, 0.15) is 5.54 Å². The summed E-state index contributed by atoms with van der Waals surface area (Å²) in [5, 5.41) is 5.54. The number of nitrogens with one attached hydrogen (secondary N) is 2. The molecule has 24 heavy (non-hydrogen) atoms. The van der Waals surface area contributed by atoms with Crippen molar-refractivity contribution in [1.82, 2.24) is 10.6 Å². The average molecular weight is 332 g/mol. The molecule has 1 saturated carbocycles. The summed E-state index contributed by atoms with van der Waals surface area (Å²) in [4.78, 5) is 36.2. The molecule has 0 unspecified atom stereocenters. The van der Waals surface area contributed by atoms with Gasteiger partial charge in [-0.15, -0.1) is 0 Å². The number of ether oxygens (including phenoxy) is 1. The van der Waals surface area contributed by atoms with Gasteiger partial charge in [-0.25, -0.2) is 4.79 Å². The Morgan fingerprint density at radius 3 is 2.38 bits per heavy atom. The van der Waals surface area contributed by atoms with Gasteiger partial charge < -0.3 is 15.4 Å². The highest BCUT2D eigenvalue weighted by molar-refractivity contribution is 5.94. The van der Waals surface area contributed by atoms with Crippen LogP contribution in [0.2, 0.25) is 0 Å². The maximum atomic E-state index is 12.2. The van der Waals surface area contributed by atoms with Crippen molar-refractivity contribution in [3.8, 4) is 0 Å². The maximum Gasteiger partial charge on any atom is 0.331 e. The molecule has 1 fully saturated rings. The summed E-state index contributed by atoms with van der Waals surface area (Å²) in [5.41, 5.74) is -0.357. The summed E-state index contributed by atoms with van der Waals surface area (Å²) in [6.07, 6.45) is 4.16. The van der Waals surface area contributed by atoms with Crippen LogP contribution < -0.4 is 10.6 Å². The highest BCUT2D eigenvalue weighted by atomic mass is 16.5. The summed E-state index contributed by atoms with van der Waals surface area (Å²) in [7, 11) is 1.34. The van der Waals surface area contributed by atoms with Gasteiger partial charge in [0.2, 0.25) is 5.91 Å². The second-order valence-corrected chi connectivity index (χ2v) is 6.05. The molecule has 0 radical (unpaired) electrons. The quantitative estimate of drug-likeness (QED) is 0.778. The highest BCUT2D eigenvalue weighted by Gasteiger charge is 2.41. The van der Waals surface area contributed by atoms with Crippen LogP contribution in [-0.2, 0) is 14.3 Å². The smallest absolute Gasteiger partial charge is 0.331 e. The van der Waals surface area contributed by atoms with Crippen LogP contribution in [-0.4, -0.2) is 37.0 Å². The van der Waals surface area contributed by atoms with E-state index in [1.807, 2.05) is 6.07 Å². The van der Waals surface area contributed by atoms with E-state index in [0.29, 0.717) is 18.4 Å². The van der Waals surface area contributed by atoms with E-state index in [1.165, 1.54) is 7.11 Å². The minimum absolute atomic E-state index is 0.122. The van der Waals surface area contributed by atoms with Crippen molar-refractivity contribution in [2.45, 2.75) is 44.1 Å². The summed E-state index contributed by atoms with van der Waals surface area (Å²) in [6.45, 7) is 0.219. The number of rotatable bonds is 6. The Balaban J connectivity index is 1.83. The molecule has 1 aromatic carbocycles. The lowest BCUT2D eigenvalue weighted by Crippen LogP contribution is -2.56. The van der Waals surface area contributed by atoms with Gasteiger partial charge >= 0.3 is 5.97 Å². The van der Waals surface area contributed by atoms with Gasteiger partial charge in [-0.1, -0.05) is 37.5 Å². The van der Waals surface area contributed by atoms with Crippen LogP contribution in [0.15, 0.2) is 30.3 Å². The van der Waals surface area contributed by atoms with Crippen LogP contribution in [0.3, 0.4) is 0 Å². The van der Waals surface area contributed by atoms with E-state index < -0.39 is 5.54 Å². The summed E-state index contributed by atoms with van der Waals surface area (Å²) >= 11 is 0. The lowest BCUT2D eigenvalue weighted by Gasteiger charge is -2.35. The molecule has 0 aliphatic heterocycles. The Morgan fingerprint density at radius 1 is 1.08 bits per heavy atom. The standard InChI is InChI=1S/C18H24N2O4/c1-24-17(23)18(11-6-3-7-12-18)20-15(21)10-13-19-16(22)14-8-4-2-5-9-14/h2,4-5,8-9H,3,6-7,10-13H2,1H3,(H,19,22)(H,20,21). The zero-order valence-corrected chi connectivity index (χ0v) is 14.0. The normalized spacial score (nSPS) is 16.0. The van der Waals surface area contributed by atoms with Crippen LogP contribution in [0.25, 0.3) is 0 Å². The molecule has 2 amide bonds. The molecule has 1 aliphatic carbocycles. The molecule has 0 aromatic heterocycles. The number of hydrogen-bond donors (Lipinski definition) is 2. The van der Waals surface area contributed by atoms with Crippen molar-refractivity contribution in [2.75, 3.05) is 13.7 Å². The van der Waals surface area contributed by atoms with E-state index in [-0.39, 0.29) is 30.7 Å². The molecule has 2 rings (SSSR count). The van der Waals surface area contributed by atoms with Crippen LogP contribution in [0.5, 0.6) is 0 Å². The monoisotopic (exact) mass is 332 g/mol. The van der Waals surface area contributed by atoms with Crippen LogP contribution in [0.4, 0.5) is 0 Å². The van der Waals surface area contributed by atoms with E-state index in [2.05, 4.69) is 10.6 Å². The SMILES string of the molecule is COC(=O)C1(NC(=O)CCNC(=O)c2ccccc2)CCCCC1. The van der Waals surface area contributed by atoms with Crippen molar-refractivity contribution < 1.29 is 19.1 Å². The molecular formula is C18H24N2O4. The van der Waals surface area contributed by atoms with Gasteiger partial charge in [-0.05, 0) is 25.0 Å². The Hall–Kier alpha value is -2.37. The zero-order valence-electron chi connectivity index (χ0n) is 14.0. The van der Waals surface area contributed by atoms with Gasteiger partial charge in [-0.3, -0.25) is 9.59 Å². The van der Waals surface area contributed by atoms with Gasteiger partial charge in [0.15, 0.2) is 0 Å². The van der Waals surface area contributed by atoms with E-state index in [9.17, 15) is 14.4 Å². The molecule has 130 valence electrons. The first kappa shape index (κ1) is 18.0. The Labute approximate surface area is 142 Å². The lowest BCUT2D eigenvalue weighted by atomic mass is 9.81. The number of carbonyl (C=O) groups is 3. The van der Waals surface area contributed by atoms with Gasteiger partial charge in [0.25, 0.3) is 5.91 Å². The molecule has 0 atom stereocenters. The van der Waals surface area contributed by atoms with Crippen molar-refractivity contribution in [3.05, 3.63) is 35.9 Å². The summed E-state index contributed by atoms with van der Waals surface area (Å²) < 4.78 is 4.87. The third-order valence-corrected chi connectivity index (χ3v) is 4.34. The molecule has 0 bridgehead atoms. The second kappa shape index (κ2) is 8.47. The fourth-order valence-electron chi connectivity index (χ4n) is 3.04. The molecule has 6 heteroatoms. The lowest BCUT2D eigenvalue weighted by molar-refractivity contribution is -0.152. The second-order valence-electron chi connectivity index (χ2n) is 6.05. The molecule has 1 aromatic rings. The minimum Gasteiger partial charge on any atom is -0.467 e. The minimum atomic E-state index is -0.909. The molecule has 2 N–H and O–H groups in total. The summed E-state index contributed by atoms with van der Waals surface area (Å²) in [6, 6.07) is 8.82. The highest BCUT2D eigenvalue weighted by Crippen LogP contribution is 2.29. The fraction of sp³-hybridized carbons (Fsp3) is 0.500. The first-order chi connectivity index (χ1) is 11.6. The number of hydrogen-bond acceptors (Lipinski definition) is 4. The molecular weight excluding hydrogens is 308 g/mol. The first-order valence-corrected chi connectivity index (χ1v) is 8.30. The largest absolute Gasteiger partial charge is 0.467 e. The van der Waals surface area contributed by atoms with Crippen LogP contribution in [0, 0.1) is 0 Å². The summed E-state index contributed by atoms with van der Waals surface area (Å²) in [5.74, 6) is -0.858. The van der Waals surface area contributed by atoms with Crippen molar-refractivity contribution in [3.63, 3.8) is 0 Å². The van der Waals surface area contributed by atoms with Gasteiger partial charge in [0.05, 0.1) is 7.11 Å². The number of methoxy groups -OCH3 is 1. The van der Waals surface area contributed by atoms with Gasteiger partial charge in [0, 0.05) is 18.5 Å². The van der Waals surface area contributed by atoms with Crippen molar-refractivity contribution in [1.29, 1.82) is 0 Å². The molecule has 0 spiro atoms. The Bertz CT molecular complexity index is 580. The predicted molar refractivity (Wildman–Crippen MR) is 89.4 cm³/mol. The Kier molecular flexibility index (Phi) is 6.35. The third kappa shape index (κ3) is 4.57. The predicted octanol–water partition coefficient (Wildman–Crippen LogP) is 1.80. The van der Waals surface area contributed by atoms with Crippen LogP contribution in [0.1, 0.15) is 48.9 Å². The van der Waals surface area contributed by atoms with Crippen molar-refractivity contribution in [2.24, 2.45) is 0 Å². The topological polar surface area (TPSA) is 84.5 Å². The van der Waals surface area contributed by atoms with E-state index in [1.54, 1.807) is 24.3 Å². The Morgan fingerprint density at radius 2 is 1.75 bits per heavy atom. The number of benzene rings is 1. The first-order valence-electron chi connectivity index (χ1n) is 8.30. The zero-order chi connectivity index (χ0) is 17.4. The number of carbonyl (C=O) groups excluding carboxylic acids is 3.